The number of hydrogen-bond acceptors (Lipinski definition) is 5. The number of amides is 2. The lowest BCUT2D eigenvalue weighted by molar-refractivity contribution is -0.139. The van der Waals surface area contributed by atoms with Crippen LogP contribution in [0, 0.1) is 0 Å². The molecule has 0 aromatic heterocycles. The Bertz CT molecular complexity index is 1480. The lowest BCUT2D eigenvalue weighted by atomic mass is 9.95. The van der Waals surface area contributed by atoms with Gasteiger partial charge in [-0.1, -0.05) is 58.9 Å². The number of nitrogens with zero attached hydrogens (tertiary/aromatic N) is 2. The minimum atomic E-state index is -4.19. The molecule has 1 unspecified atom stereocenters. The van der Waals surface area contributed by atoms with Crippen molar-refractivity contribution in [3.63, 3.8) is 0 Å². The predicted molar refractivity (Wildman–Crippen MR) is 173 cm³/mol. The molecule has 1 fully saturated rings. The van der Waals surface area contributed by atoms with E-state index in [2.05, 4.69) is 21.2 Å². The molecule has 3 aromatic rings. The molecule has 3 aromatic carbocycles. The lowest BCUT2D eigenvalue weighted by Gasteiger charge is -2.33. The van der Waals surface area contributed by atoms with E-state index in [1.807, 2.05) is 31.2 Å². The van der Waals surface area contributed by atoms with Crippen LogP contribution < -0.4 is 14.4 Å². The maximum absolute atomic E-state index is 14.1. The van der Waals surface area contributed by atoms with Gasteiger partial charge < -0.3 is 15.0 Å². The third-order valence-electron chi connectivity index (χ3n) is 7.50. The van der Waals surface area contributed by atoms with Crippen molar-refractivity contribution < 1.29 is 22.7 Å². The van der Waals surface area contributed by atoms with E-state index >= 15 is 0 Å². The lowest BCUT2D eigenvalue weighted by Crippen LogP contribution is -2.53. The van der Waals surface area contributed by atoms with Crippen LogP contribution in [0.2, 0.25) is 5.02 Å². The summed E-state index contributed by atoms with van der Waals surface area (Å²) in [5.74, 6) is -0.197. The molecule has 0 saturated heterocycles. The molecular formula is C32H37BrClN3O5S. The number of benzene rings is 3. The van der Waals surface area contributed by atoms with Crippen LogP contribution in [0.3, 0.4) is 0 Å². The predicted octanol–water partition coefficient (Wildman–Crippen LogP) is 6.56. The SMILES string of the molecule is CCOc1ccc(N(CC(=O)N(Cc2ccc(Br)cc2)C(C)C(=O)NC2CCCCC2)S(=O)(=O)c2ccc(Cl)cc2)cc1. The first-order chi connectivity index (χ1) is 20.6. The zero-order valence-electron chi connectivity index (χ0n) is 24.3. The second-order valence-corrected chi connectivity index (χ2v) is 13.8. The van der Waals surface area contributed by atoms with Crippen LogP contribution in [0.1, 0.15) is 51.5 Å². The molecule has 0 spiro atoms. The standard InChI is InChI=1S/C32H37BrClN3O5S/c1-3-42-29-17-15-28(16-18-29)37(43(40,41)30-19-13-26(34)14-20-30)22-31(38)36(21-24-9-11-25(33)12-10-24)23(2)32(39)35-27-7-5-4-6-8-27/h9-20,23,27H,3-8,21-22H2,1-2H3,(H,35,39). The van der Waals surface area contributed by atoms with Gasteiger partial charge in [0.15, 0.2) is 0 Å². The number of hydrogen-bond donors (Lipinski definition) is 1. The van der Waals surface area contributed by atoms with Crippen LogP contribution in [0.15, 0.2) is 82.2 Å². The average molecular weight is 691 g/mol. The molecule has 1 saturated carbocycles. The average Bonchev–Trinajstić information content (AvgIpc) is 3.00. The van der Waals surface area contributed by atoms with E-state index < -0.39 is 28.5 Å². The molecule has 11 heteroatoms. The topological polar surface area (TPSA) is 96.0 Å². The second-order valence-electron chi connectivity index (χ2n) is 10.6. The Labute approximate surface area is 267 Å². The third-order valence-corrected chi connectivity index (χ3v) is 10.1. The Morgan fingerprint density at radius 2 is 1.60 bits per heavy atom. The van der Waals surface area contributed by atoms with Crippen LogP contribution >= 0.6 is 27.5 Å². The summed E-state index contributed by atoms with van der Waals surface area (Å²) in [6.07, 6.45) is 5.08. The Balaban J connectivity index is 1.67. The number of nitrogens with one attached hydrogen (secondary N) is 1. The number of halogens is 2. The van der Waals surface area contributed by atoms with Crippen molar-refractivity contribution in [3.05, 3.63) is 87.9 Å². The molecule has 230 valence electrons. The maximum Gasteiger partial charge on any atom is 0.264 e. The number of rotatable bonds is 12. The minimum absolute atomic E-state index is 0.0128. The van der Waals surface area contributed by atoms with Gasteiger partial charge in [0.05, 0.1) is 17.2 Å². The molecular weight excluding hydrogens is 654 g/mol. The van der Waals surface area contributed by atoms with Crippen LogP contribution in [0.5, 0.6) is 5.75 Å². The normalized spacial score (nSPS) is 14.5. The van der Waals surface area contributed by atoms with Crippen molar-refractivity contribution in [1.82, 2.24) is 10.2 Å². The summed E-state index contributed by atoms with van der Waals surface area (Å²) >= 11 is 9.46. The van der Waals surface area contributed by atoms with E-state index in [9.17, 15) is 18.0 Å². The molecule has 4 rings (SSSR count). The number of ether oxygens (including phenoxy) is 1. The van der Waals surface area contributed by atoms with Gasteiger partial charge in [0.25, 0.3) is 10.0 Å². The summed E-state index contributed by atoms with van der Waals surface area (Å²) in [5.41, 5.74) is 1.09. The van der Waals surface area contributed by atoms with E-state index in [0.29, 0.717) is 17.4 Å². The van der Waals surface area contributed by atoms with E-state index in [0.717, 1.165) is 46.4 Å². The van der Waals surface area contributed by atoms with Gasteiger partial charge in [0.1, 0.15) is 18.3 Å². The monoisotopic (exact) mass is 689 g/mol. The van der Waals surface area contributed by atoms with E-state index in [-0.39, 0.29) is 29.1 Å². The Morgan fingerprint density at radius 3 is 2.21 bits per heavy atom. The molecule has 0 radical (unpaired) electrons. The van der Waals surface area contributed by atoms with Gasteiger partial charge in [0.2, 0.25) is 11.8 Å². The highest BCUT2D eigenvalue weighted by Crippen LogP contribution is 2.28. The number of carbonyl (C=O) groups excluding carboxylic acids is 2. The van der Waals surface area contributed by atoms with E-state index in [4.69, 9.17) is 16.3 Å². The van der Waals surface area contributed by atoms with Crippen molar-refractivity contribution >= 4 is 55.1 Å². The maximum atomic E-state index is 14.1. The molecule has 2 amide bonds. The van der Waals surface area contributed by atoms with Gasteiger partial charge in [-0.2, -0.15) is 0 Å². The molecule has 43 heavy (non-hydrogen) atoms. The summed E-state index contributed by atoms with van der Waals surface area (Å²) in [6.45, 7) is 3.61. The molecule has 1 atom stereocenters. The molecule has 0 bridgehead atoms. The largest absolute Gasteiger partial charge is 0.494 e. The second kappa shape index (κ2) is 15.1. The fourth-order valence-electron chi connectivity index (χ4n) is 5.08. The fourth-order valence-corrected chi connectivity index (χ4v) is 6.88. The first kappa shape index (κ1) is 32.8. The summed E-state index contributed by atoms with van der Waals surface area (Å²) in [5, 5.41) is 3.50. The van der Waals surface area contributed by atoms with E-state index in [1.165, 1.54) is 29.2 Å². The highest BCUT2D eigenvalue weighted by molar-refractivity contribution is 9.10. The van der Waals surface area contributed by atoms with Crippen molar-refractivity contribution in [2.75, 3.05) is 17.5 Å². The van der Waals surface area contributed by atoms with Crippen LogP contribution in [-0.2, 0) is 26.2 Å². The quantitative estimate of drug-likeness (QED) is 0.232. The first-order valence-electron chi connectivity index (χ1n) is 14.4. The smallest absolute Gasteiger partial charge is 0.264 e. The highest BCUT2D eigenvalue weighted by Gasteiger charge is 2.33. The Kier molecular flexibility index (Phi) is 11.5. The molecule has 0 aliphatic heterocycles. The summed E-state index contributed by atoms with van der Waals surface area (Å²) in [7, 11) is -4.19. The molecule has 1 aliphatic carbocycles. The van der Waals surface area contributed by atoms with Crippen molar-refractivity contribution in [2.24, 2.45) is 0 Å². The fraction of sp³-hybridized carbons (Fsp3) is 0.375. The summed E-state index contributed by atoms with van der Waals surface area (Å²) in [6, 6.07) is 19.0. The number of sulfonamides is 1. The molecule has 8 nitrogen and oxygen atoms in total. The summed E-state index contributed by atoms with van der Waals surface area (Å²) < 4.78 is 35.4. The van der Waals surface area contributed by atoms with Crippen LogP contribution in [-0.4, -0.2) is 50.4 Å². The molecule has 1 aliphatic rings. The zero-order valence-corrected chi connectivity index (χ0v) is 27.5. The van der Waals surface area contributed by atoms with Crippen molar-refractivity contribution in [1.29, 1.82) is 0 Å². The Morgan fingerprint density at radius 1 is 0.977 bits per heavy atom. The van der Waals surface area contributed by atoms with Gasteiger partial charge in [0, 0.05) is 22.1 Å². The first-order valence-corrected chi connectivity index (χ1v) is 17.0. The van der Waals surface area contributed by atoms with Gasteiger partial charge >= 0.3 is 0 Å². The van der Waals surface area contributed by atoms with Crippen molar-refractivity contribution in [3.8, 4) is 5.75 Å². The van der Waals surface area contributed by atoms with Gasteiger partial charge in [-0.05, 0) is 92.9 Å². The van der Waals surface area contributed by atoms with Gasteiger partial charge in [-0.3, -0.25) is 13.9 Å². The van der Waals surface area contributed by atoms with Gasteiger partial charge in [-0.15, -0.1) is 0 Å². The zero-order chi connectivity index (χ0) is 31.0. The van der Waals surface area contributed by atoms with Crippen LogP contribution in [0.4, 0.5) is 5.69 Å². The third kappa shape index (κ3) is 8.74. The number of carbonyl (C=O) groups is 2. The molecule has 1 N–H and O–H groups in total. The number of anilines is 1. The van der Waals surface area contributed by atoms with Gasteiger partial charge in [-0.25, -0.2) is 8.42 Å². The highest BCUT2D eigenvalue weighted by atomic mass is 79.9. The summed E-state index contributed by atoms with van der Waals surface area (Å²) in [4.78, 5) is 29.0. The van der Waals surface area contributed by atoms with E-state index in [1.54, 1.807) is 31.2 Å². The minimum Gasteiger partial charge on any atom is -0.494 e. The Hall–Kier alpha value is -3.08. The van der Waals surface area contributed by atoms with Crippen molar-refractivity contribution in [2.45, 2.75) is 69.5 Å². The van der Waals surface area contributed by atoms with Crippen LogP contribution in [0.25, 0.3) is 0 Å². The molecule has 0 heterocycles.